The van der Waals surface area contributed by atoms with Crippen molar-refractivity contribution in [3.63, 3.8) is 0 Å². The van der Waals surface area contributed by atoms with E-state index in [2.05, 4.69) is 4.74 Å². The highest BCUT2D eigenvalue weighted by Crippen LogP contribution is 2.39. The van der Waals surface area contributed by atoms with Gasteiger partial charge in [0.2, 0.25) is 0 Å². The predicted molar refractivity (Wildman–Crippen MR) is 123 cm³/mol. The zero-order chi connectivity index (χ0) is 25.9. The summed E-state index contributed by atoms with van der Waals surface area (Å²) in [6, 6.07) is 12.7. The Morgan fingerprint density at radius 1 is 0.886 bits per heavy atom. The third-order valence-electron chi connectivity index (χ3n) is 4.82. The lowest BCUT2D eigenvalue weighted by atomic mass is 10.1. The van der Waals surface area contributed by atoms with Gasteiger partial charge in [0.15, 0.2) is 0 Å². The van der Waals surface area contributed by atoms with Crippen LogP contribution in [0.25, 0.3) is 0 Å². The number of rotatable bonds is 5. The van der Waals surface area contributed by atoms with Crippen LogP contribution in [-0.2, 0) is 10.9 Å². The van der Waals surface area contributed by atoms with Crippen molar-refractivity contribution in [2.24, 2.45) is 5.73 Å². The molecule has 3 N–H and O–H groups in total. The van der Waals surface area contributed by atoms with Crippen LogP contribution in [0.1, 0.15) is 15.9 Å². The molecule has 0 atom stereocenters. The van der Waals surface area contributed by atoms with Gasteiger partial charge in [-0.15, -0.1) is 0 Å². The van der Waals surface area contributed by atoms with Crippen molar-refractivity contribution in [1.29, 1.82) is 0 Å². The van der Waals surface area contributed by atoms with Crippen LogP contribution >= 0.6 is 11.6 Å². The molecule has 0 saturated heterocycles. The SMILES string of the molecule is COC(=O)c1cccc(N(C(=O)O)c2ccc(N(C(N)=O)c3ccc(Cl)c(C(F)(F)F)c3)cc2)c1. The van der Waals surface area contributed by atoms with Gasteiger partial charge in [-0.3, -0.25) is 4.90 Å². The van der Waals surface area contributed by atoms with Crippen molar-refractivity contribution in [3.05, 3.63) is 82.9 Å². The number of urea groups is 1. The fourth-order valence-corrected chi connectivity index (χ4v) is 3.51. The lowest BCUT2D eigenvalue weighted by Gasteiger charge is -2.24. The first kappa shape index (κ1) is 25.4. The molecular formula is C23H17ClF3N3O5. The Hall–Kier alpha value is -4.25. The molecule has 0 radical (unpaired) electrons. The Kier molecular flexibility index (Phi) is 7.20. The zero-order valence-electron chi connectivity index (χ0n) is 17.9. The van der Waals surface area contributed by atoms with Crippen LogP contribution in [-0.4, -0.2) is 30.3 Å². The van der Waals surface area contributed by atoms with E-state index in [4.69, 9.17) is 17.3 Å². The van der Waals surface area contributed by atoms with Gasteiger partial charge in [-0.05, 0) is 60.7 Å². The number of nitrogens with two attached hydrogens (primary N) is 1. The standard InChI is InChI=1S/C23H17ClF3N3O5/c1-35-20(31)13-3-2-4-16(11-13)30(22(33)34)15-7-5-14(6-8-15)29(21(28)32)17-9-10-19(24)18(12-17)23(25,26)27/h2-12H,1H3,(H2,28,32)(H,33,34). The van der Waals surface area contributed by atoms with Crippen LogP contribution in [0.5, 0.6) is 0 Å². The second kappa shape index (κ2) is 9.94. The van der Waals surface area contributed by atoms with Crippen molar-refractivity contribution in [3.8, 4) is 0 Å². The Morgan fingerprint density at radius 3 is 1.94 bits per heavy atom. The predicted octanol–water partition coefficient (Wildman–Crippen LogP) is 6.18. The molecule has 12 heteroatoms. The quantitative estimate of drug-likeness (QED) is 0.400. The van der Waals surface area contributed by atoms with Crippen LogP contribution in [0.3, 0.4) is 0 Å². The van der Waals surface area contributed by atoms with Crippen LogP contribution in [0, 0.1) is 0 Å². The summed E-state index contributed by atoms with van der Waals surface area (Å²) in [7, 11) is 1.19. The Morgan fingerprint density at radius 2 is 1.43 bits per heavy atom. The van der Waals surface area contributed by atoms with Crippen LogP contribution < -0.4 is 15.5 Å². The molecule has 182 valence electrons. The minimum Gasteiger partial charge on any atom is -0.465 e. The lowest BCUT2D eigenvalue weighted by Crippen LogP contribution is -2.31. The topological polar surface area (TPSA) is 113 Å². The number of carbonyl (C=O) groups is 3. The Balaban J connectivity index is 2.02. The smallest absolute Gasteiger partial charge is 0.417 e. The van der Waals surface area contributed by atoms with Crippen molar-refractivity contribution in [2.75, 3.05) is 16.9 Å². The summed E-state index contributed by atoms with van der Waals surface area (Å²) in [4.78, 5) is 37.6. The average Bonchev–Trinajstić information content (AvgIpc) is 2.80. The van der Waals surface area contributed by atoms with E-state index in [1.54, 1.807) is 0 Å². The van der Waals surface area contributed by atoms with Gasteiger partial charge >= 0.3 is 24.3 Å². The molecular weight excluding hydrogens is 491 g/mol. The van der Waals surface area contributed by atoms with E-state index in [-0.39, 0.29) is 28.3 Å². The second-order valence-corrected chi connectivity index (χ2v) is 7.42. The fourth-order valence-electron chi connectivity index (χ4n) is 3.28. The maximum Gasteiger partial charge on any atom is 0.417 e. The van der Waals surface area contributed by atoms with Gasteiger partial charge < -0.3 is 15.6 Å². The summed E-state index contributed by atoms with van der Waals surface area (Å²) in [5.74, 6) is -0.661. The van der Waals surface area contributed by atoms with Gasteiger partial charge in [-0.2, -0.15) is 13.2 Å². The van der Waals surface area contributed by atoms with Gasteiger partial charge in [0.25, 0.3) is 0 Å². The molecule has 0 saturated carbocycles. The number of methoxy groups -OCH3 is 1. The summed E-state index contributed by atoms with van der Waals surface area (Å²) in [6.45, 7) is 0. The molecule has 0 bridgehead atoms. The molecule has 0 aromatic heterocycles. The largest absolute Gasteiger partial charge is 0.465 e. The van der Waals surface area contributed by atoms with Crippen molar-refractivity contribution >= 4 is 52.4 Å². The first-order valence-electron chi connectivity index (χ1n) is 9.72. The van der Waals surface area contributed by atoms with Gasteiger partial charge in [-0.25, -0.2) is 19.3 Å². The minimum absolute atomic E-state index is 0.0744. The molecule has 0 unspecified atom stereocenters. The van der Waals surface area contributed by atoms with E-state index >= 15 is 0 Å². The normalized spacial score (nSPS) is 11.0. The molecule has 3 rings (SSSR count). The van der Waals surface area contributed by atoms with Gasteiger partial charge in [0.1, 0.15) is 0 Å². The van der Waals surface area contributed by atoms with E-state index < -0.39 is 34.9 Å². The minimum atomic E-state index is -4.76. The van der Waals surface area contributed by atoms with Gasteiger partial charge in [0.05, 0.1) is 46.0 Å². The van der Waals surface area contributed by atoms with Crippen molar-refractivity contribution in [1.82, 2.24) is 0 Å². The number of ether oxygens (including phenoxy) is 1. The average molecular weight is 508 g/mol. The first-order chi connectivity index (χ1) is 16.4. The third kappa shape index (κ3) is 5.46. The molecule has 35 heavy (non-hydrogen) atoms. The van der Waals surface area contributed by atoms with E-state index in [0.717, 1.165) is 15.9 Å². The van der Waals surface area contributed by atoms with Crippen LogP contribution in [0.15, 0.2) is 66.7 Å². The highest BCUT2D eigenvalue weighted by Gasteiger charge is 2.34. The van der Waals surface area contributed by atoms with E-state index in [1.165, 1.54) is 61.7 Å². The zero-order valence-corrected chi connectivity index (χ0v) is 18.7. The van der Waals surface area contributed by atoms with E-state index in [0.29, 0.717) is 6.07 Å². The third-order valence-corrected chi connectivity index (χ3v) is 5.15. The number of carbonyl (C=O) groups excluding carboxylic acids is 2. The number of alkyl halides is 3. The summed E-state index contributed by atoms with van der Waals surface area (Å²) in [6.07, 6.45) is -6.14. The molecule has 0 aliphatic heterocycles. The molecule has 3 aromatic carbocycles. The van der Waals surface area contributed by atoms with Crippen molar-refractivity contribution in [2.45, 2.75) is 6.18 Å². The molecule has 3 amide bonds. The second-order valence-electron chi connectivity index (χ2n) is 7.01. The van der Waals surface area contributed by atoms with Gasteiger partial charge in [-0.1, -0.05) is 17.7 Å². The number of benzene rings is 3. The molecule has 3 aromatic rings. The number of anilines is 4. The number of hydrogen-bond acceptors (Lipinski definition) is 4. The molecule has 0 heterocycles. The van der Waals surface area contributed by atoms with E-state index in [9.17, 15) is 32.7 Å². The van der Waals surface area contributed by atoms with Crippen LogP contribution in [0.4, 0.5) is 45.5 Å². The Bertz CT molecular complexity index is 1280. The molecule has 8 nitrogen and oxygen atoms in total. The number of nitrogens with zero attached hydrogens (tertiary/aromatic N) is 2. The number of carboxylic acid groups (broad SMARTS) is 1. The summed E-state index contributed by atoms with van der Waals surface area (Å²) in [5.41, 5.74) is 4.53. The van der Waals surface area contributed by atoms with Crippen molar-refractivity contribution < 1.29 is 37.4 Å². The number of hydrogen-bond donors (Lipinski definition) is 2. The highest BCUT2D eigenvalue weighted by molar-refractivity contribution is 6.31. The molecule has 0 fully saturated rings. The number of amides is 3. The summed E-state index contributed by atoms with van der Waals surface area (Å²) in [5, 5.41) is 9.20. The van der Waals surface area contributed by atoms with Gasteiger partial charge in [0, 0.05) is 0 Å². The lowest BCUT2D eigenvalue weighted by molar-refractivity contribution is -0.137. The first-order valence-corrected chi connectivity index (χ1v) is 10.1. The monoisotopic (exact) mass is 507 g/mol. The molecule has 0 aliphatic carbocycles. The summed E-state index contributed by atoms with van der Waals surface area (Å²) >= 11 is 5.65. The maximum absolute atomic E-state index is 13.3. The fraction of sp³-hybridized carbons (Fsp3) is 0.0870. The molecule has 0 spiro atoms. The maximum atomic E-state index is 13.3. The van der Waals surface area contributed by atoms with Crippen LogP contribution in [0.2, 0.25) is 5.02 Å². The molecule has 0 aliphatic rings. The Labute approximate surface area is 201 Å². The number of primary amides is 1. The highest BCUT2D eigenvalue weighted by atomic mass is 35.5. The number of esters is 1. The van der Waals surface area contributed by atoms with E-state index in [1.807, 2.05) is 0 Å². The summed E-state index contributed by atoms with van der Waals surface area (Å²) < 4.78 is 44.4. The number of halogens is 4.